The number of nitrogens with two attached hydrogens (primary N) is 1. The summed E-state index contributed by atoms with van der Waals surface area (Å²) in [7, 11) is 0. The zero-order valence-corrected chi connectivity index (χ0v) is 8.69. The quantitative estimate of drug-likeness (QED) is 0.508. The lowest BCUT2D eigenvalue weighted by Crippen LogP contribution is -2.31. The standard InChI is InChI=1S/C9H9F3N2O3/c1-5(9(10,11)12)17-8-3-2-6(14(15)16)4-7(8)13/h2-5H,13H2,1H3. The fourth-order valence-electron chi connectivity index (χ4n) is 1.01. The van der Waals surface area contributed by atoms with E-state index in [4.69, 9.17) is 5.73 Å². The van der Waals surface area contributed by atoms with Crippen molar-refractivity contribution in [2.24, 2.45) is 0 Å². The largest absolute Gasteiger partial charge is 0.479 e. The summed E-state index contributed by atoms with van der Waals surface area (Å²) < 4.78 is 41.2. The van der Waals surface area contributed by atoms with Crippen molar-refractivity contribution in [3.05, 3.63) is 28.3 Å². The monoisotopic (exact) mass is 250 g/mol. The van der Waals surface area contributed by atoms with E-state index < -0.39 is 17.2 Å². The van der Waals surface area contributed by atoms with Crippen LogP contribution in [0.1, 0.15) is 6.92 Å². The van der Waals surface area contributed by atoms with Gasteiger partial charge in [-0.2, -0.15) is 13.2 Å². The average Bonchev–Trinajstić information content (AvgIpc) is 2.19. The van der Waals surface area contributed by atoms with Gasteiger partial charge in [-0.05, 0) is 13.0 Å². The van der Waals surface area contributed by atoms with Crippen LogP contribution in [0.25, 0.3) is 0 Å². The number of nitrogens with zero attached hydrogens (tertiary/aromatic N) is 1. The maximum Gasteiger partial charge on any atom is 0.425 e. The van der Waals surface area contributed by atoms with Gasteiger partial charge in [0.05, 0.1) is 10.6 Å². The van der Waals surface area contributed by atoms with E-state index in [1.54, 1.807) is 0 Å². The van der Waals surface area contributed by atoms with Crippen LogP contribution in [0, 0.1) is 10.1 Å². The number of hydrogen-bond donors (Lipinski definition) is 1. The molecule has 1 atom stereocenters. The van der Waals surface area contributed by atoms with Gasteiger partial charge in [0.25, 0.3) is 5.69 Å². The Hall–Kier alpha value is -1.99. The summed E-state index contributed by atoms with van der Waals surface area (Å²) in [5, 5.41) is 10.4. The van der Waals surface area contributed by atoms with Crippen LogP contribution < -0.4 is 10.5 Å². The van der Waals surface area contributed by atoms with Crippen LogP contribution in [0.4, 0.5) is 24.5 Å². The van der Waals surface area contributed by atoms with Crippen LogP contribution in [-0.4, -0.2) is 17.2 Å². The molecule has 0 saturated heterocycles. The van der Waals surface area contributed by atoms with E-state index in [0.29, 0.717) is 0 Å². The molecule has 2 N–H and O–H groups in total. The lowest BCUT2D eigenvalue weighted by Gasteiger charge is -2.18. The Balaban J connectivity index is 2.90. The van der Waals surface area contributed by atoms with Gasteiger partial charge in [0.2, 0.25) is 0 Å². The molecule has 0 radical (unpaired) electrons. The molecule has 0 saturated carbocycles. The maximum absolute atomic E-state index is 12.2. The predicted molar refractivity (Wildman–Crippen MR) is 53.7 cm³/mol. The van der Waals surface area contributed by atoms with Crippen LogP contribution >= 0.6 is 0 Å². The minimum Gasteiger partial charge on any atom is -0.479 e. The smallest absolute Gasteiger partial charge is 0.425 e. The topological polar surface area (TPSA) is 78.4 Å². The number of nitro groups is 1. The molecule has 94 valence electrons. The second-order valence-electron chi connectivity index (χ2n) is 3.28. The van der Waals surface area contributed by atoms with Crippen LogP contribution in [0.3, 0.4) is 0 Å². The molecule has 0 aliphatic carbocycles. The maximum atomic E-state index is 12.2. The number of hydrogen-bond acceptors (Lipinski definition) is 4. The number of rotatable bonds is 3. The first kappa shape index (κ1) is 13.1. The van der Waals surface area contributed by atoms with Gasteiger partial charge in [0.1, 0.15) is 5.75 Å². The highest BCUT2D eigenvalue weighted by atomic mass is 19.4. The number of nitrogen functional groups attached to an aromatic ring is 1. The van der Waals surface area contributed by atoms with Gasteiger partial charge in [0.15, 0.2) is 6.10 Å². The molecule has 5 nitrogen and oxygen atoms in total. The Bertz CT molecular complexity index is 434. The molecule has 0 fully saturated rings. The first-order valence-corrected chi connectivity index (χ1v) is 4.49. The molecule has 1 unspecified atom stereocenters. The lowest BCUT2D eigenvalue weighted by atomic mass is 10.2. The van der Waals surface area contributed by atoms with Crippen LogP contribution in [0.5, 0.6) is 5.75 Å². The second kappa shape index (κ2) is 4.48. The van der Waals surface area contributed by atoms with Gasteiger partial charge < -0.3 is 10.5 Å². The summed E-state index contributed by atoms with van der Waals surface area (Å²) in [4.78, 5) is 9.67. The highest BCUT2D eigenvalue weighted by Crippen LogP contribution is 2.30. The molecule has 0 amide bonds. The van der Waals surface area contributed by atoms with Gasteiger partial charge in [0, 0.05) is 12.1 Å². The van der Waals surface area contributed by atoms with E-state index in [1.165, 1.54) is 0 Å². The molecule has 0 aliphatic heterocycles. The molecule has 0 bridgehead atoms. The van der Waals surface area contributed by atoms with Gasteiger partial charge in [-0.1, -0.05) is 0 Å². The normalized spacial score (nSPS) is 13.2. The molecular formula is C9H9F3N2O3. The molecule has 0 aliphatic rings. The van der Waals surface area contributed by atoms with Gasteiger partial charge in [-0.25, -0.2) is 0 Å². The van der Waals surface area contributed by atoms with Crippen LogP contribution in [-0.2, 0) is 0 Å². The summed E-state index contributed by atoms with van der Waals surface area (Å²) in [6.45, 7) is 0.820. The Morgan fingerprint density at radius 2 is 2.06 bits per heavy atom. The molecule has 0 aromatic heterocycles. The van der Waals surface area contributed by atoms with Crippen molar-refractivity contribution >= 4 is 11.4 Å². The van der Waals surface area contributed by atoms with Crippen molar-refractivity contribution in [2.45, 2.75) is 19.2 Å². The summed E-state index contributed by atoms with van der Waals surface area (Å²) in [6.07, 6.45) is -6.56. The van der Waals surface area contributed by atoms with Gasteiger partial charge in [-0.3, -0.25) is 10.1 Å². The summed E-state index contributed by atoms with van der Waals surface area (Å²) in [5.41, 5.74) is 4.83. The number of nitro benzene ring substituents is 1. The summed E-state index contributed by atoms with van der Waals surface area (Å²) in [6, 6.07) is 3.00. The van der Waals surface area contributed by atoms with E-state index in [1.807, 2.05) is 0 Å². The average molecular weight is 250 g/mol. The van der Waals surface area contributed by atoms with Crippen molar-refractivity contribution < 1.29 is 22.8 Å². The van der Waals surface area contributed by atoms with E-state index in [0.717, 1.165) is 25.1 Å². The van der Waals surface area contributed by atoms with Crippen molar-refractivity contribution in [3.8, 4) is 5.75 Å². The van der Waals surface area contributed by atoms with Crippen LogP contribution in [0.2, 0.25) is 0 Å². The first-order valence-electron chi connectivity index (χ1n) is 4.49. The molecule has 17 heavy (non-hydrogen) atoms. The Morgan fingerprint density at radius 3 is 2.47 bits per heavy atom. The highest BCUT2D eigenvalue weighted by molar-refractivity contribution is 5.58. The van der Waals surface area contributed by atoms with Crippen molar-refractivity contribution in [3.63, 3.8) is 0 Å². The van der Waals surface area contributed by atoms with Crippen molar-refractivity contribution in [1.29, 1.82) is 0 Å². The van der Waals surface area contributed by atoms with Gasteiger partial charge in [-0.15, -0.1) is 0 Å². The molecule has 0 spiro atoms. The fraction of sp³-hybridized carbons (Fsp3) is 0.333. The molecule has 1 aromatic carbocycles. The molecular weight excluding hydrogens is 241 g/mol. The zero-order chi connectivity index (χ0) is 13.2. The third-order valence-corrected chi connectivity index (χ3v) is 1.97. The minimum absolute atomic E-state index is 0.213. The van der Waals surface area contributed by atoms with Crippen molar-refractivity contribution in [1.82, 2.24) is 0 Å². The number of non-ortho nitro benzene ring substituents is 1. The Labute approximate surface area is 94.1 Å². The zero-order valence-electron chi connectivity index (χ0n) is 8.69. The number of halogens is 3. The first-order chi connectivity index (χ1) is 7.71. The van der Waals surface area contributed by atoms with E-state index in [9.17, 15) is 23.3 Å². The second-order valence-corrected chi connectivity index (χ2v) is 3.28. The predicted octanol–water partition coefficient (Wildman–Crippen LogP) is 2.51. The van der Waals surface area contributed by atoms with E-state index in [-0.39, 0.29) is 17.1 Å². The van der Waals surface area contributed by atoms with Crippen LogP contribution in [0.15, 0.2) is 18.2 Å². The fourth-order valence-corrected chi connectivity index (χ4v) is 1.01. The summed E-state index contributed by atoms with van der Waals surface area (Å²) >= 11 is 0. The number of ether oxygens (including phenoxy) is 1. The Morgan fingerprint density at radius 1 is 1.47 bits per heavy atom. The number of benzene rings is 1. The third-order valence-electron chi connectivity index (χ3n) is 1.97. The molecule has 1 rings (SSSR count). The van der Waals surface area contributed by atoms with Gasteiger partial charge >= 0.3 is 6.18 Å². The minimum atomic E-state index is -4.52. The number of anilines is 1. The Kier molecular flexibility index (Phi) is 3.45. The number of alkyl halides is 3. The lowest BCUT2D eigenvalue weighted by molar-refractivity contribution is -0.384. The molecule has 1 aromatic rings. The highest BCUT2D eigenvalue weighted by Gasteiger charge is 2.38. The van der Waals surface area contributed by atoms with E-state index >= 15 is 0 Å². The SMILES string of the molecule is CC(Oc1ccc([N+](=O)[O-])cc1N)C(F)(F)F. The van der Waals surface area contributed by atoms with E-state index in [2.05, 4.69) is 4.74 Å². The molecule has 0 heterocycles. The third kappa shape index (κ3) is 3.23. The molecule has 8 heteroatoms. The summed E-state index contributed by atoms with van der Waals surface area (Å²) in [5.74, 6) is -0.236. The van der Waals surface area contributed by atoms with Crippen molar-refractivity contribution in [2.75, 3.05) is 5.73 Å².